The Bertz CT molecular complexity index is 861. The Labute approximate surface area is 166 Å². The molecule has 4 heterocycles. The first-order chi connectivity index (χ1) is 13.7. The third-order valence-corrected chi connectivity index (χ3v) is 6.52. The van der Waals surface area contributed by atoms with Crippen molar-refractivity contribution < 1.29 is 4.79 Å². The number of rotatable bonds is 5. The minimum Gasteiger partial charge on any atom is -0.338 e. The minimum atomic E-state index is 0.171. The van der Waals surface area contributed by atoms with E-state index >= 15 is 0 Å². The van der Waals surface area contributed by atoms with Crippen LogP contribution in [0.1, 0.15) is 36.8 Å². The lowest BCUT2D eigenvalue weighted by Crippen LogP contribution is -2.48. The molecule has 6 rings (SSSR count). The number of nitrogens with zero attached hydrogens (tertiary/aromatic N) is 4. The molecular formula is C23H28N4O. The van der Waals surface area contributed by atoms with Gasteiger partial charge in [-0.1, -0.05) is 24.3 Å². The fraction of sp³-hybridized carbons (Fsp3) is 0.522. The monoisotopic (exact) mass is 376 g/mol. The Kier molecular flexibility index (Phi) is 4.63. The van der Waals surface area contributed by atoms with Crippen molar-refractivity contribution in [1.82, 2.24) is 19.8 Å². The normalized spacial score (nSPS) is 25.2. The van der Waals surface area contributed by atoms with Gasteiger partial charge in [0.25, 0.3) is 0 Å². The van der Waals surface area contributed by atoms with Crippen LogP contribution in [-0.4, -0.2) is 51.4 Å². The molecule has 1 amide bonds. The Morgan fingerprint density at radius 1 is 1.04 bits per heavy atom. The summed E-state index contributed by atoms with van der Waals surface area (Å²) >= 11 is 0. The highest BCUT2D eigenvalue weighted by atomic mass is 16.2. The Morgan fingerprint density at radius 2 is 1.82 bits per heavy atom. The quantitative estimate of drug-likeness (QED) is 0.804. The molecule has 0 unspecified atom stereocenters. The summed E-state index contributed by atoms with van der Waals surface area (Å²) in [6.07, 6.45) is 8.70. The van der Waals surface area contributed by atoms with Gasteiger partial charge in [0.2, 0.25) is 5.91 Å². The summed E-state index contributed by atoms with van der Waals surface area (Å²) in [5.74, 6) is 2.11. The van der Waals surface area contributed by atoms with Crippen molar-refractivity contribution in [3.05, 3.63) is 47.8 Å². The van der Waals surface area contributed by atoms with Gasteiger partial charge in [-0.2, -0.15) is 0 Å². The zero-order valence-corrected chi connectivity index (χ0v) is 16.6. The van der Waals surface area contributed by atoms with Crippen molar-refractivity contribution >= 4 is 5.91 Å². The van der Waals surface area contributed by atoms with Crippen LogP contribution in [0.25, 0.3) is 11.4 Å². The van der Waals surface area contributed by atoms with Crippen LogP contribution in [0.2, 0.25) is 0 Å². The van der Waals surface area contributed by atoms with Crippen molar-refractivity contribution in [1.29, 1.82) is 0 Å². The lowest BCUT2D eigenvalue weighted by Gasteiger charge is -2.36. The molecule has 0 spiro atoms. The molecule has 1 aromatic carbocycles. The summed E-state index contributed by atoms with van der Waals surface area (Å²) in [6.45, 7) is 5.75. The molecule has 4 aliphatic rings. The molecule has 2 atom stereocenters. The zero-order chi connectivity index (χ0) is 19.1. The van der Waals surface area contributed by atoms with Crippen LogP contribution in [0.4, 0.5) is 0 Å². The number of fused-ring (bicyclic) bond motifs is 4. The average Bonchev–Trinajstić information content (AvgIpc) is 3.54. The molecule has 3 aliphatic heterocycles. The van der Waals surface area contributed by atoms with Crippen molar-refractivity contribution in [3.8, 4) is 11.4 Å². The number of carbonyl (C=O) groups excluding carboxylic acids is 1. The number of aryl methyl sites for hydroxylation is 1. The zero-order valence-electron chi connectivity index (χ0n) is 16.6. The van der Waals surface area contributed by atoms with Gasteiger partial charge in [0.15, 0.2) is 5.82 Å². The molecule has 1 saturated carbocycles. The van der Waals surface area contributed by atoms with E-state index in [4.69, 9.17) is 0 Å². The third kappa shape index (κ3) is 3.55. The highest BCUT2D eigenvalue weighted by Gasteiger charge is 2.42. The molecule has 1 aliphatic carbocycles. The maximum absolute atomic E-state index is 12.9. The van der Waals surface area contributed by atoms with E-state index in [9.17, 15) is 4.79 Å². The predicted molar refractivity (Wildman–Crippen MR) is 108 cm³/mol. The van der Waals surface area contributed by atoms with E-state index in [1.807, 2.05) is 24.5 Å². The van der Waals surface area contributed by atoms with Crippen LogP contribution in [0.3, 0.4) is 0 Å². The topological polar surface area (TPSA) is 49.3 Å². The number of hydrogen-bond acceptors (Lipinski definition) is 4. The third-order valence-electron chi connectivity index (χ3n) is 6.52. The van der Waals surface area contributed by atoms with Gasteiger partial charge in [-0.05, 0) is 44.1 Å². The molecule has 28 heavy (non-hydrogen) atoms. The first-order valence-electron chi connectivity index (χ1n) is 10.6. The van der Waals surface area contributed by atoms with E-state index in [1.165, 1.54) is 18.4 Å². The van der Waals surface area contributed by atoms with Crippen LogP contribution in [-0.2, 0) is 11.3 Å². The number of hydrogen-bond donors (Lipinski definition) is 0. The predicted octanol–water partition coefficient (Wildman–Crippen LogP) is 3.28. The Hall–Kier alpha value is -2.27. The van der Waals surface area contributed by atoms with Gasteiger partial charge < -0.3 is 4.90 Å². The lowest BCUT2D eigenvalue weighted by molar-refractivity contribution is -0.140. The Balaban J connectivity index is 1.29. The number of carbonyl (C=O) groups is 1. The summed E-state index contributed by atoms with van der Waals surface area (Å²) in [5, 5.41) is 0. The standard InChI is InChI=1S/C23H28N4O/c1-16-4-2-3-5-21(16)22-24-10-18(11-25-22)12-26-14-19-8-9-20(15-26)27(23(19)28)13-17-6-7-17/h2-5,10-11,17,19-20H,6-9,12-15H2,1H3/t19-,20+/m1/s1. The van der Waals surface area contributed by atoms with Crippen LogP contribution >= 0.6 is 0 Å². The second-order valence-electron chi connectivity index (χ2n) is 8.79. The van der Waals surface area contributed by atoms with Crippen LogP contribution in [0.5, 0.6) is 0 Å². The van der Waals surface area contributed by atoms with E-state index in [2.05, 4.69) is 38.8 Å². The number of aromatic nitrogens is 2. The van der Waals surface area contributed by atoms with E-state index < -0.39 is 0 Å². The van der Waals surface area contributed by atoms with Crippen molar-refractivity contribution in [2.24, 2.45) is 11.8 Å². The smallest absolute Gasteiger partial charge is 0.227 e. The number of amides is 1. The average molecular weight is 377 g/mol. The fourth-order valence-electron chi connectivity index (χ4n) is 4.74. The number of benzene rings is 1. The lowest BCUT2D eigenvalue weighted by atomic mass is 9.94. The van der Waals surface area contributed by atoms with Gasteiger partial charge in [-0.25, -0.2) is 9.97 Å². The summed E-state index contributed by atoms with van der Waals surface area (Å²) in [6, 6.07) is 8.60. The van der Waals surface area contributed by atoms with Gasteiger partial charge in [0.05, 0.1) is 5.92 Å². The highest BCUT2D eigenvalue weighted by molar-refractivity contribution is 5.80. The molecule has 4 fully saturated rings. The maximum atomic E-state index is 12.9. The fourth-order valence-corrected chi connectivity index (χ4v) is 4.74. The SMILES string of the molecule is Cc1ccccc1-c1ncc(CN2C[C@H]3CC[C@@H](C2)N(CC2CC2)C3=O)cn1. The molecule has 5 nitrogen and oxygen atoms in total. The van der Waals surface area contributed by atoms with Gasteiger partial charge in [-0.3, -0.25) is 9.69 Å². The second-order valence-corrected chi connectivity index (χ2v) is 8.79. The van der Waals surface area contributed by atoms with E-state index in [-0.39, 0.29) is 5.92 Å². The molecule has 5 heteroatoms. The van der Waals surface area contributed by atoms with Gasteiger partial charge in [0, 0.05) is 55.7 Å². The van der Waals surface area contributed by atoms with Crippen LogP contribution in [0.15, 0.2) is 36.7 Å². The largest absolute Gasteiger partial charge is 0.338 e. The summed E-state index contributed by atoms with van der Waals surface area (Å²) < 4.78 is 0. The molecule has 0 radical (unpaired) electrons. The first-order valence-corrected chi connectivity index (χ1v) is 10.6. The highest BCUT2D eigenvalue weighted by Crippen LogP contribution is 2.35. The van der Waals surface area contributed by atoms with E-state index in [0.717, 1.165) is 61.9 Å². The molecule has 1 aromatic heterocycles. The summed E-state index contributed by atoms with van der Waals surface area (Å²) in [4.78, 5) is 26.8. The molecule has 2 aromatic rings. The van der Waals surface area contributed by atoms with Crippen LogP contribution < -0.4 is 0 Å². The van der Waals surface area contributed by atoms with Crippen molar-refractivity contribution in [2.45, 2.75) is 45.2 Å². The van der Waals surface area contributed by atoms with Gasteiger partial charge >= 0.3 is 0 Å². The molecular weight excluding hydrogens is 348 g/mol. The van der Waals surface area contributed by atoms with Crippen molar-refractivity contribution in [2.75, 3.05) is 19.6 Å². The van der Waals surface area contributed by atoms with E-state index in [1.54, 1.807) is 0 Å². The maximum Gasteiger partial charge on any atom is 0.227 e. The van der Waals surface area contributed by atoms with E-state index in [0.29, 0.717) is 11.9 Å². The number of piperidine rings is 1. The Morgan fingerprint density at radius 3 is 2.57 bits per heavy atom. The first kappa shape index (κ1) is 17.8. The molecule has 3 saturated heterocycles. The van der Waals surface area contributed by atoms with Crippen molar-refractivity contribution in [3.63, 3.8) is 0 Å². The molecule has 0 N–H and O–H groups in total. The van der Waals surface area contributed by atoms with Gasteiger partial charge in [-0.15, -0.1) is 0 Å². The minimum absolute atomic E-state index is 0.171. The summed E-state index contributed by atoms with van der Waals surface area (Å²) in [5.41, 5.74) is 3.40. The van der Waals surface area contributed by atoms with Crippen LogP contribution in [0, 0.1) is 18.8 Å². The molecule has 146 valence electrons. The summed E-state index contributed by atoms with van der Waals surface area (Å²) in [7, 11) is 0. The second kappa shape index (κ2) is 7.28. The molecule has 2 bridgehead atoms. The van der Waals surface area contributed by atoms with Gasteiger partial charge in [0.1, 0.15) is 0 Å².